The highest BCUT2D eigenvalue weighted by Crippen LogP contribution is 2.33. The van der Waals surface area contributed by atoms with Crippen LogP contribution in [0.4, 0.5) is 0 Å². The number of aryl methyl sites for hydroxylation is 2. The van der Waals surface area contributed by atoms with E-state index in [1.807, 2.05) is 12.1 Å². The van der Waals surface area contributed by atoms with Crippen molar-refractivity contribution in [2.75, 3.05) is 19.3 Å². The molecule has 174 valence electrons. The molecule has 0 saturated carbocycles. The molecule has 0 aliphatic carbocycles. The lowest BCUT2D eigenvalue weighted by atomic mass is 9.82. The summed E-state index contributed by atoms with van der Waals surface area (Å²) in [5.74, 6) is -0.447. The van der Waals surface area contributed by atoms with Crippen molar-refractivity contribution >= 4 is 32.6 Å². The van der Waals surface area contributed by atoms with Gasteiger partial charge in [0.05, 0.1) is 17.8 Å². The molecule has 2 fully saturated rings. The van der Waals surface area contributed by atoms with Crippen molar-refractivity contribution < 1.29 is 18.0 Å². The Labute approximate surface area is 189 Å². The van der Waals surface area contributed by atoms with E-state index in [0.717, 1.165) is 42.5 Å². The number of nitrogens with one attached hydrogen (secondary N) is 1. The summed E-state index contributed by atoms with van der Waals surface area (Å²) in [4.78, 5) is 25.3. The summed E-state index contributed by atoms with van der Waals surface area (Å²) in [5.41, 5.74) is 7.28. The van der Waals surface area contributed by atoms with Gasteiger partial charge in [-0.2, -0.15) is 4.31 Å². The van der Waals surface area contributed by atoms with Crippen LogP contribution in [0.3, 0.4) is 0 Å². The number of nitrogens with zero attached hydrogens (tertiary/aromatic N) is 2. The summed E-state index contributed by atoms with van der Waals surface area (Å²) >= 11 is 0. The van der Waals surface area contributed by atoms with Gasteiger partial charge in [0, 0.05) is 29.9 Å². The van der Waals surface area contributed by atoms with Gasteiger partial charge in [0.15, 0.2) is 5.78 Å². The minimum absolute atomic E-state index is 0.00750. The first-order valence-electron chi connectivity index (χ1n) is 11.3. The second-order valence-corrected chi connectivity index (χ2v) is 11.0. The van der Waals surface area contributed by atoms with Gasteiger partial charge >= 0.3 is 0 Å². The number of rotatable bonds is 8. The molecule has 0 radical (unpaired) electrons. The molecule has 0 bridgehead atoms. The van der Waals surface area contributed by atoms with E-state index in [1.165, 1.54) is 10.6 Å². The third-order valence-electron chi connectivity index (χ3n) is 7.05. The highest BCUT2D eigenvalue weighted by atomic mass is 32.2. The lowest BCUT2D eigenvalue weighted by Gasteiger charge is -2.33. The van der Waals surface area contributed by atoms with Gasteiger partial charge in [-0.15, -0.1) is 0 Å². The fourth-order valence-corrected chi connectivity index (χ4v) is 6.58. The van der Waals surface area contributed by atoms with E-state index in [-0.39, 0.29) is 5.78 Å². The van der Waals surface area contributed by atoms with Crippen LogP contribution in [0.5, 0.6) is 0 Å². The molecule has 8 nitrogen and oxygen atoms in total. The number of carbonyl (C=O) groups is 2. The maximum atomic E-state index is 13.7. The van der Waals surface area contributed by atoms with Crippen LogP contribution in [-0.4, -0.2) is 59.9 Å². The van der Waals surface area contributed by atoms with Gasteiger partial charge < -0.3 is 15.6 Å². The molecule has 1 aromatic heterocycles. The third kappa shape index (κ3) is 4.09. The first-order chi connectivity index (χ1) is 15.2. The van der Waals surface area contributed by atoms with Crippen molar-refractivity contribution in [2.45, 2.75) is 63.6 Å². The predicted octanol–water partition coefficient (Wildman–Crippen LogP) is 1.81. The molecular weight excluding hydrogens is 428 g/mol. The maximum Gasteiger partial charge on any atom is 0.248 e. The zero-order chi connectivity index (χ0) is 23.1. The van der Waals surface area contributed by atoms with E-state index >= 15 is 0 Å². The summed E-state index contributed by atoms with van der Waals surface area (Å²) in [5, 5.41) is 4.48. The van der Waals surface area contributed by atoms with Crippen LogP contribution < -0.4 is 11.1 Å². The summed E-state index contributed by atoms with van der Waals surface area (Å²) in [6.07, 6.45) is 5.39. The van der Waals surface area contributed by atoms with Gasteiger partial charge in [-0.25, -0.2) is 8.42 Å². The molecule has 0 spiro atoms. The van der Waals surface area contributed by atoms with Crippen molar-refractivity contribution in [3.63, 3.8) is 0 Å². The number of ketones is 1. The lowest BCUT2D eigenvalue weighted by Crippen LogP contribution is -2.56. The minimum Gasteiger partial charge on any atom is -0.366 e. The van der Waals surface area contributed by atoms with Crippen LogP contribution in [0.1, 0.15) is 55.1 Å². The predicted molar refractivity (Wildman–Crippen MR) is 124 cm³/mol. The standard InChI is InChI=1S/C23H32N4O4S/c1-3-26-18(14-16-7-8-17(22(24)29)15-20(16)26)9-11-23(10-5-12-25-23)21(28)19-6-4-13-27(19)32(2,30)31/h7-8,14-15,19,25H,3-6,9-13H2,1-2H3,(H2,24,29). The van der Waals surface area contributed by atoms with Crippen LogP contribution in [0, 0.1) is 0 Å². The van der Waals surface area contributed by atoms with Gasteiger partial charge in [-0.05, 0) is 75.6 Å². The molecule has 3 heterocycles. The van der Waals surface area contributed by atoms with Crippen molar-refractivity contribution in [3.05, 3.63) is 35.5 Å². The molecule has 2 unspecified atom stereocenters. The SMILES string of the molecule is CCn1c(CCC2(C(=O)C3CCCN3S(C)(=O)=O)CCCN2)cc2ccc(C(N)=O)cc21. The van der Waals surface area contributed by atoms with Gasteiger partial charge in [0.25, 0.3) is 0 Å². The van der Waals surface area contributed by atoms with Gasteiger partial charge in [0.1, 0.15) is 0 Å². The quantitative estimate of drug-likeness (QED) is 0.624. The topological polar surface area (TPSA) is 114 Å². The van der Waals surface area contributed by atoms with E-state index in [4.69, 9.17) is 5.73 Å². The molecule has 2 aliphatic rings. The Bertz CT molecular complexity index is 1150. The Balaban J connectivity index is 1.61. The highest BCUT2D eigenvalue weighted by Gasteiger charge is 2.48. The summed E-state index contributed by atoms with van der Waals surface area (Å²) in [6, 6.07) is 6.99. The molecule has 3 N–H and O–H groups in total. The van der Waals surface area contributed by atoms with E-state index < -0.39 is 27.5 Å². The molecule has 1 amide bonds. The average molecular weight is 461 g/mol. The van der Waals surface area contributed by atoms with E-state index in [9.17, 15) is 18.0 Å². The van der Waals surface area contributed by atoms with Gasteiger partial charge in [-0.1, -0.05) is 6.07 Å². The van der Waals surface area contributed by atoms with Crippen LogP contribution in [0.25, 0.3) is 10.9 Å². The largest absolute Gasteiger partial charge is 0.366 e. The molecular formula is C23H32N4O4S. The summed E-state index contributed by atoms with van der Waals surface area (Å²) < 4.78 is 28.0. The number of nitrogens with two attached hydrogens (primary N) is 1. The van der Waals surface area contributed by atoms with Crippen molar-refractivity contribution in [2.24, 2.45) is 5.73 Å². The van der Waals surface area contributed by atoms with Crippen LogP contribution >= 0.6 is 0 Å². The maximum absolute atomic E-state index is 13.7. The number of hydrogen-bond acceptors (Lipinski definition) is 5. The van der Waals surface area contributed by atoms with Crippen molar-refractivity contribution in [1.82, 2.24) is 14.2 Å². The Kier molecular flexibility index (Phi) is 6.17. The Hall–Kier alpha value is -2.23. The fourth-order valence-electron chi connectivity index (χ4n) is 5.46. The van der Waals surface area contributed by atoms with Crippen molar-refractivity contribution in [3.8, 4) is 0 Å². The first kappa shape index (κ1) is 22.9. The average Bonchev–Trinajstić information content (AvgIpc) is 3.49. The molecule has 2 saturated heterocycles. The number of hydrogen-bond donors (Lipinski definition) is 2. The molecule has 2 aromatic rings. The Morgan fingerprint density at radius 1 is 1.25 bits per heavy atom. The van der Waals surface area contributed by atoms with E-state index in [0.29, 0.717) is 37.8 Å². The number of sulfonamides is 1. The zero-order valence-electron chi connectivity index (χ0n) is 18.8. The van der Waals surface area contributed by atoms with Crippen LogP contribution in [-0.2, 0) is 27.8 Å². The molecule has 4 rings (SSSR count). The highest BCUT2D eigenvalue weighted by molar-refractivity contribution is 7.88. The Morgan fingerprint density at radius 2 is 2.03 bits per heavy atom. The fraction of sp³-hybridized carbons (Fsp3) is 0.565. The van der Waals surface area contributed by atoms with Crippen molar-refractivity contribution in [1.29, 1.82) is 0 Å². The third-order valence-corrected chi connectivity index (χ3v) is 8.34. The number of Topliss-reactive ketones (excluding diaryl/α,β-unsaturated/α-hetero) is 1. The number of primary amides is 1. The molecule has 2 aliphatic heterocycles. The van der Waals surface area contributed by atoms with Gasteiger partial charge in [-0.3, -0.25) is 9.59 Å². The number of benzene rings is 1. The summed E-state index contributed by atoms with van der Waals surface area (Å²) in [6.45, 7) is 3.96. The van der Waals surface area contributed by atoms with Crippen LogP contribution in [0.15, 0.2) is 24.3 Å². The number of amides is 1. The van der Waals surface area contributed by atoms with E-state index in [2.05, 4.69) is 22.9 Å². The van der Waals surface area contributed by atoms with Crippen LogP contribution in [0.2, 0.25) is 0 Å². The second kappa shape index (κ2) is 8.61. The van der Waals surface area contributed by atoms with Gasteiger partial charge in [0.2, 0.25) is 15.9 Å². The van der Waals surface area contributed by atoms with E-state index in [1.54, 1.807) is 6.07 Å². The number of carbonyl (C=O) groups excluding carboxylic acids is 2. The zero-order valence-corrected chi connectivity index (χ0v) is 19.6. The normalized spacial score (nSPS) is 24.4. The molecule has 2 atom stereocenters. The second-order valence-electron chi connectivity index (χ2n) is 9.03. The smallest absolute Gasteiger partial charge is 0.248 e. The lowest BCUT2D eigenvalue weighted by molar-refractivity contribution is -0.128. The first-order valence-corrected chi connectivity index (χ1v) is 13.2. The number of aromatic nitrogens is 1. The molecule has 9 heteroatoms. The molecule has 1 aromatic carbocycles. The summed E-state index contributed by atoms with van der Waals surface area (Å²) in [7, 11) is -3.42. The Morgan fingerprint density at radius 3 is 2.66 bits per heavy atom. The monoisotopic (exact) mass is 460 g/mol. The molecule has 32 heavy (non-hydrogen) atoms. The minimum atomic E-state index is -3.42. The number of fused-ring (bicyclic) bond motifs is 1.